The molecule has 1 atom stereocenters. The Hall–Kier alpha value is -3.66. The summed E-state index contributed by atoms with van der Waals surface area (Å²) in [7, 11) is 0. The smallest absolute Gasteiger partial charge is 0.219 e. The first-order valence-electron chi connectivity index (χ1n) is 11.6. The number of aliphatic hydroxyl groups is 1. The second kappa shape index (κ2) is 9.91. The van der Waals surface area contributed by atoms with E-state index in [1.54, 1.807) is 19.3 Å². The molecule has 9 heteroatoms. The van der Waals surface area contributed by atoms with Gasteiger partial charge in [-0.15, -0.1) is 0 Å². The topological polar surface area (TPSA) is 107 Å². The van der Waals surface area contributed by atoms with Gasteiger partial charge in [0.2, 0.25) is 5.88 Å². The highest BCUT2D eigenvalue weighted by Crippen LogP contribution is 2.26. The largest absolute Gasteiger partial charge is 0.439 e. The van der Waals surface area contributed by atoms with Gasteiger partial charge in [0.1, 0.15) is 11.4 Å². The number of aromatic amines is 1. The van der Waals surface area contributed by atoms with Crippen molar-refractivity contribution in [1.82, 2.24) is 30.0 Å². The molecule has 3 aromatic heterocycles. The molecule has 0 bridgehead atoms. The lowest BCUT2D eigenvalue weighted by molar-refractivity contribution is -0.124. The van der Waals surface area contributed by atoms with Crippen LogP contribution in [0.15, 0.2) is 61.1 Å². The van der Waals surface area contributed by atoms with Crippen molar-refractivity contribution in [2.24, 2.45) is 0 Å². The van der Waals surface area contributed by atoms with Crippen molar-refractivity contribution in [3.8, 4) is 22.9 Å². The molecule has 1 saturated heterocycles. The number of carbonyl (C=O) groups excluding carboxylic acids is 1. The number of rotatable bonds is 8. The Bertz CT molecular complexity index is 1280. The molecule has 2 N–H and O–H groups in total. The number of benzene rings is 1. The van der Waals surface area contributed by atoms with Crippen molar-refractivity contribution in [1.29, 1.82) is 0 Å². The van der Waals surface area contributed by atoms with E-state index >= 15 is 0 Å². The van der Waals surface area contributed by atoms with Crippen LogP contribution in [0.2, 0.25) is 0 Å². The van der Waals surface area contributed by atoms with E-state index in [0.29, 0.717) is 24.5 Å². The van der Waals surface area contributed by atoms with E-state index in [1.165, 1.54) is 0 Å². The van der Waals surface area contributed by atoms with Crippen LogP contribution in [0, 0.1) is 0 Å². The number of hydrogen-bond donors (Lipinski definition) is 2. The summed E-state index contributed by atoms with van der Waals surface area (Å²) in [6, 6.07) is 13.7. The molecule has 35 heavy (non-hydrogen) atoms. The molecular weight excluding hydrogens is 444 g/mol. The third-order valence-electron chi connectivity index (χ3n) is 6.15. The molecule has 4 heterocycles. The van der Waals surface area contributed by atoms with Crippen molar-refractivity contribution >= 4 is 17.2 Å². The lowest BCUT2D eigenvalue weighted by Crippen LogP contribution is -2.51. The predicted octanol–water partition coefficient (Wildman–Crippen LogP) is 2.88. The van der Waals surface area contributed by atoms with Gasteiger partial charge in [0.05, 0.1) is 11.2 Å². The van der Waals surface area contributed by atoms with Crippen LogP contribution in [-0.2, 0) is 11.3 Å². The highest BCUT2D eigenvalue weighted by Gasteiger charge is 2.26. The number of piperazine rings is 1. The number of H-pyrrole nitrogens is 1. The van der Waals surface area contributed by atoms with Gasteiger partial charge in [0, 0.05) is 80.9 Å². The van der Waals surface area contributed by atoms with Gasteiger partial charge in [-0.25, -0.2) is 4.98 Å². The molecule has 180 valence electrons. The highest BCUT2D eigenvalue weighted by atomic mass is 16.5. The average molecular weight is 473 g/mol. The molecule has 1 aromatic carbocycles. The van der Waals surface area contributed by atoms with Crippen molar-refractivity contribution in [3.05, 3.63) is 66.6 Å². The fraction of sp³-hybridized carbons (Fsp3) is 0.308. The number of nitrogens with one attached hydrogen (secondary N) is 1. The number of carbonyl (C=O) groups is 1. The fourth-order valence-corrected chi connectivity index (χ4v) is 4.29. The van der Waals surface area contributed by atoms with Crippen molar-refractivity contribution < 1.29 is 14.6 Å². The summed E-state index contributed by atoms with van der Waals surface area (Å²) in [5.41, 5.74) is 2.57. The van der Waals surface area contributed by atoms with Gasteiger partial charge in [-0.05, 0) is 42.8 Å². The van der Waals surface area contributed by atoms with Crippen molar-refractivity contribution in [3.63, 3.8) is 0 Å². The van der Waals surface area contributed by atoms with Gasteiger partial charge in [0.25, 0.3) is 0 Å². The molecule has 1 unspecified atom stereocenters. The summed E-state index contributed by atoms with van der Waals surface area (Å²) in [6.07, 6.45) is 5.98. The summed E-state index contributed by atoms with van der Waals surface area (Å²) in [5.74, 6) is 1.19. The van der Waals surface area contributed by atoms with Gasteiger partial charge >= 0.3 is 0 Å². The molecule has 0 aliphatic carbocycles. The van der Waals surface area contributed by atoms with E-state index in [0.717, 1.165) is 60.4 Å². The molecule has 1 fully saturated rings. The lowest BCUT2D eigenvalue weighted by atomic mass is 10.1. The summed E-state index contributed by atoms with van der Waals surface area (Å²) >= 11 is 0. The second-order valence-corrected chi connectivity index (χ2v) is 9.18. The first-order chi connectivity index (χ1) is 17.0. The first-order valence-corrected chi connectivity index (χ1v) is 11.6. The Morgan fingerprint density at radius 3 is 2.60 bits per heavy atom. The summed E-state index contributed by atoms with van der Waals surface area (Å²) in [4.78, 5) is 24.5. The van der Waals surface area contributed by atoms with Gasteiger partial charge in [-0.3, -0.25) is 19.9 Å². The quantitative estimate of drug-likeness (QED) is 0.377. The van der Waals surface area contributed by atoms with Crippen LogP contribution < -0.4 is 4.74 Å². The van der Waals surface area contributed by atoms with Crippen LogP contribution in [0.1, 0.15) is 12.5 Å². The van der Waals surface area contributed by atoms with Crippen LogP contribution in [0.25, 0.3) is 22.2 Å². The summed E-state index contributed by atoms with van der Waals surface area (Å²) < 4.78 is 5.93. The van der Waals surface area contributed by atoms with E-state index in [-0.39, 0.29) is 0 Å². The monoisotopic (exact) mass is 472 g/mol. The number of fused-ring (bicyclic) bond motifs is 1. The standard InChI is InChI=1S/C26H28N6O3/c1-26(34,18-33)17-32-10-8-31(9-11-32)16-19-12-20-2-4-22(13-24(20)27-14-19)35-25-5-3-21(15-28-25)23-6-7-29-30-23/h2-7,12-15,18,34H,8-11,16-17H2,1H3,(H,29,30). The summed E-state index contributed by atoms with van der Waals surface area (Å²) in [6.45, 7) is 6.14. The molecule has 4 aromatic rings. The van der Waals surface area contributed by atoms with Crippen LogP contribution in [-0.4, -0.2) is 79.7 Å². The molecule has 1 aliphatic rings. The normalized spacial score (nSPS) is 16.7. The number of ether oxygens (including phenoxy) is 1. The second-order valence-electron chi connectivity index (χ2n) is 9.18. The molecule has 0 spiro atoms. The number of hydrogen-bond acceptors (Lipinski definition) is 8. The zero-order chi connectivity index (χ0) is 24.3. The molecule has 0 radical (unpaired) electrons. The SMILES string of the molecule is CC(O)(C=O)CN1CCN(Cc2cnc3cc(Oc4ccc(-c5ccn[nH]5)cn4)ccc3c2)CC1. The maximum Gasteiger partial charge on any atom is 0.219 e. The van der Waals surface area contributed by atoms with E-state index in [2.05, 4.69) is 36.0 Å². The van der Waals surface area contributed by atoms with E-state index in [1.807, 2.05) is 42.6 Å². The Morgan fingerprint density at radius 2 is 1.89 bits per heavy atom. The zero-order valence-electron chi connectivity index (χ0n) is 19.6. The molecular formula is C26H28N6O3. The third kappa shape index (κ3) is 5.71. The molecule has 0 amide bonds. The van der Waals surface area contributed by atoms with Crippen LogP contribution >= 0.6 is 0 Å². The molecule has 0 saturated carbocycles. The van der Waals surface area contributed by atoms with Crippen molar-refractivity contribution in [2.45, 2.75) is 19.1 Å². The maximum atomic E-state index is 11.0. The number of nitrogens with zero attached hydrogens (tertiary/aromatic N) is 5. The van der Waals surface area contributed by atoms with E-state index < -0.39 is 5.60 Å². The molecule has 1 aliphatic heterocycles. The third-order valence-corrected chi connectivity index (χ3v) is 6.15. The Labute approximate surface area is 203 Å². The van der Waals surface area contributed by atoms with Crippen molar-refractivity contribution in [2.75, 3.05) is 32.7 Å². The first kappa shape index (κ1) is 23.1. The van der Waals surface area contributed by atoms with E-state index in [9.17, 15) is 9.90 Å². The minimum absolute atomic E-state index is 0.371. The Kier molecular flexibility index (Phi) is 6.54. The number of aldehydes is 1. The minimum Gasteiger partial charge on any atom is -0.439 e. The van der Waals surface area contributed by atoms with Crippen LogP contribution in [0.5, 0.6) is 11.6 Å². The Balaban J connectivity index is 1.19. The van der Waals surface area contributed by atoms with Crippen LogP contribution in [0.3, 0.4) is 0 Å². The highest BCUT2D eigenvalue weighted by molar-refractivity contribution is 5.80. The summed E-state index contributed by atoms with van der Waals surface area (Å²) in [5, 5.41) is 17.9. The van der Waals surface area contributed by atoms with E-state index in [4.69, 9.17) is 4.74 Å². The molecule has 9 nitrogen and oxygen atoms in total. The minimum atomic E-state index is -1.29. The van der Waals surface area contributed by atoms with Crippen LogP contribution in [0.4, 0.5) is 0 Å². The fourth-order valence-electron chi connectivity index (χ4n) is 4.29. The maximum absolute atomic E-state index is 11.0. The molecule has 5 rings (SSSR count). The van der Waals surface area contributed by atoms with Gasteiger partial charge in [0.15, 0.2) is 6.29 Å². The predicted molar refractivity (Wildman–Crippen MR) is 132 cm³/mol. The lowest BCUT2D eigenvalue weighted by Gasteiger charge is -2.36. The van der Waals surface area contributed by atoms with Gasteiger partial charge in [-0.2, -0.15) is 5.10 Å². The number of β-amino-alcohol motifs (C(OH)–C–C–N with tert-alkyl or cyclic N) is 1. The zero-order valence-corrected chi connectivity index (χ0v) is 19.6. The average Bonchev–Trinajstić information content (AvgIpc) is 3.41. The van der Waals surface area contributed by atoms with Gasteiger partial charge in [-0.1, -0.05) is 0 Å². The number of aromatic nitrogens is 4. The van der Waals surface area contributed by atoms with Gasteiger partial charge < -0.3 is 14.6 Å². The Morgan fingerprint density at radius 1 is 1.06 bits per heavy atom. The number of pyridine rings is 2.